The maximum absolute atomic E-state index is 6.13. The number of hydrogen-bond acceptors (Lipinski definition) is 2. The second-order valence-electron chi connectivity index (χ2n) is 4.75. The van der Waals surface area contributed by atoms with Crippen LogP contribution in [0.1, 0.15) is 12.0 Å². The minimum absolute atomic E-state index is 0. The highest BCUT2D eigenvalue weighted by Gasteiger charge is 2.03. The molecule has 120 valence electrons. The van der Waals surface area contributed by atoms with Crippen LogP contribution in [0, 0.1) is 0 Å². The van der Waals surface area contributed by atoms with Crippen molar-refractivity contribution < 1.29 is 0 Å². The van der Waals surface area contributed by atoms with Crippen LogP contribution in [0.25, 0.3) is 0 Å². The molecule has 0 atom stereocenters. The Morgan fingerprint density at radius 2 is 1.95 bits per heavy atom. The summed E-state index contributed by atoms with van der Waals surface area (Å²) in [5.74, 6) is 0.773. The van der Waals surface area contributed by atoms with Crippen molar-refractivity contribution in [3.05, 3.63) is 33.8 Å². The molecule has 2 N–H and O–H groups in total. The molecule has 0 amide bonds. The Hall–Kier alpha value is -0.240. The summed E-state index contributed by atoms with van der Waals surface area (Å²) in [4.78, 5) is 6.34. The van der Waals surface area contributed by atoms with Gasteiger partial charge in [-0.2, -0.15) is 0 Å². The number of guanidine groups is 1. The maximum Gasteiger partial charge on any atom is 0.191 e. The molecular weight excluding hydrogens is 422 g/mol. The largest absolute Gasteiger partial charge is 0.356 e. The predicted molar refractivity (Wildman–Crippen MR) is 103 cm³/mol. The van der Waals surface area contributed by atoms with E-state index in [4.69, 9.17) is 23.2 Å². The Balaban J connectivity index is 0.00000400. The van der Waals surface area contributed by atoms with Gasteiger partial charge in [0.05, 0.1) is 0 Å². The Labute approximate surface area is 154 Å². The van der Waals surface area contributed by atoms with Gasteiger partial charge >= 0.3 is 0 Å². The van der Waals surface area contributed by atoms with Gasteiger partial charge < -0.3 is 15.5 Å². The molecule has 0 bridgehead atoms. The van der Waals surface area contributed by atoms with Gasteiger partial charge in [0.15, 0.2) is 5.96 Å². The second kappa shape index (κ2) is 11.3. The van der Waals surface area contributed by atoms with Crippen molar-refractivity contribution in [3.63, 3.8) is 0 Å². The monoisotopic (exact) mass is 444 g/mol. The van der Waals surface area contributed by atoms with Gasteiger partial charge in [-0.25, -0.2) is 0 Å². The minimum atomic E-state index is 0. The first-order valence-electron chi connectivity index (χ1n) is 6.56. The molecule has 0 unspecified atom stereocenters. The fourth-order valence-electron chi connectivity index (χ4n) is 1.67. The van der Waals surface area contributed by atoms with Gasteiger partial charge in [0, 0.05) is 30.2 Å². The summed E-state index contributed by atoms with van der Waals surface area (Å²) >= 11 is 12.0. The van der Waals surface area contributed by atoms with E-state index in [1.165, 1.54) is 0 Å². The Bertz CT molecular complexity index is 453. The first-order valence-corrected chi connectivity index (χ1v) is 7.31. The third-order valence-corrected chi connectivity index (χ3v) is 3.35. The van der Waals surface area contributed by atoms with E-state index in [2.05, 4.69) is 34.6 Å². The highest BCUT2D eigenvalue weighted by Crippen LogP contribution is 2.20. The standard InChI is InChI=1S/C14H22Cl2N4.HI/c1-17-14(18-7-4-8-20(2)3)19-10-11-5-6-12(15)9-13(11)16;/h5-6,9H,4,7-8,10H2,1-3H3,(H2,17,18,19);1H. The molecule has 0 radical (unpaired) electrons. The molecule has 0 aliphatic rings. The zero-order chi connectivity index (χ0) is 15.0. The summed E-state index contributed by atoms with van der Waals surface area (Å²) < 4.78 is 0. The molecule has 0 aliphatic heterocycles. The van der Waals surface area contributed by atoms with E-state index < -0.39 is 0 Å². The molecule has 0 aromatic heterocycles. The molecule has 4 nitrogen and oxygen atoms in total. The van der Waals surface area contributed by atoms with Gasteiger partial charge in [0.25, 0.3) is 0 Å². The summed E-state index contributed by atoms with van der Waals surface area (Å²) in [5, 5.41) is 7.80. The van der Waals surface area contributed by atoms with Crippen LogP contribution in [0.5, 0.6) is 0 Å². The zero-order valence-corrected chi connectivity index (χ0v) is 16.5. The topological polar surface area (TPSA) is 39.7 Å². The molecule has 0 heterocycles. The average Bonchev–Trinajstić information content (AvgIpc) is 2.39. The number of benzene rings is 1. The molecule has 0 saturated heterocycles. The van der Waals surface area contributed by atoms with Gasteiger partial charge in [-0.15, -0.1) is 24.0 Å². The lowest BCUT2D eigenvalue weighted by molar-refractivity contribution is 0.399. The van der Waals surface area contributed by atoms with E-state index in [1.807, 2.05) is 12.1 Å². The van der Waals surface area contributed by atoms with Crippen LogP contribution in [-0.4, -0.2) is 45.1 Å². The van der Waals surface area contributed by atoms with Crippen molar-refractivity contribution in [1.82, 2.24) is 15.5 Å². The Morgan fingerprint density at radius 1 is 1.24 bits per heavy atom. The molecule has 0 aliphatic carbocycles. The smallest absolute Gasteiger partial charge is 0.191 e. The van der Waals surface area contributed by atoms with E-state index in [0.29, 0.717) is 16.6 Å². The minimum Gasteiger partial charge on any atom is -0.356 e. The molecule has 7 heteroatoms. The SMILES string of the molecule is CN=C(NCCCN(C)C)NCc1ccc(Cl)cc1Cl.I. The van der Waals surface area contributed by atoms with Crippen LogP contribution < -0.4 is 10.6 Å². The summed E-state index contributed by atoms with van der Waals surface area (Å²) in [6.45, 7) is 2.54. The normalized spacial score (nSPS) is 11.2. The van der Waals surface area contributed by atoms with Gasteiger partial charge in [-0.1, -0.05) is 29.3 Å². The number of nitrogens with zero attached hydrogens (tertiary/aromatic N) is 2. The lowest BCUT2D eigenvalue weighted by Gasteiger charge is -2.14. The van der Waals surface area contributed by atoms with E-state index in [1.54, 1.807) is 13.1 Å². The van der Waals surface area contributed by atoms with E-state index in [9.17, 15) is 0 Å². The van der Waals surface area contributed by atoms with Gasteiger partial charge in [-0.05, 0) is 44.8 Å². The third kappa shape index (κ3) is 8.70. The lowest BCUT2D eigenvalue weighted by Crippen LogP contribution is -2.38. The van der Waals surface area contributed by atoms with Gasteiger partial charge in [0.2, 0.25) is 0 Å². The molecule has 1 aromatic rings. The summed E-state index contributed by atoms with van der Waals surface area (Å²) in [7, 11) is 5.88. The van der Waals surface area contributed by atoms with Crippen LogP contribution in [0.4, 0.5) is 0 Å². The summed E-state index contributed by atoms with van der Waals surface area (Å²) in [6.07, 6.45) is 1.06. The Kier molecular flexibility index (Phi) is 11.2. The quantitative estimate of drug-likeness (QED) is 0.306. The second-order valence-corrected chi connectivity index (χ2v) is 5.59. The van der Waals surface area contributed by atoms with Crippen molar-refractivity contribution in [2.24, 2.45) is 4.99 Å². The van der Waals surface area contributed by atoms with Crippen molar-refractivity contribution in [3.8, 4) is 0 Å². The maximum atomic E-state index is 6.13. The van der Waals surface area contributed by atoms with Crippen LogP contribution in [-0.2, 0) is 6.54 Å². The average molecular weight is 445 g/mol. The van der Waals surface area contributed by atoms with E-state index in [0.717, 1.165) is 31.0 Å². The highest BCUT2D eigenvalue weighted by molar-refractivity contribution is 14.0. The molecule has 0 fully saturated rings. The number of nitrogens with one attached hydrogen (secondary N) is 2. The Morgan fingerprint density at radius 3 is 2.52 bits per heavy atom. The molecular formula is C14H23Cl2IN4. The van der Waals surface area contributed by atoms with Crippen LogP contribution >= 0.6 is 47.2 Å². The van der Waals surface area contributed by atoms with Crippen molar-refractivity contribution in [2.75, 3.05) is 34.2 Å². The number of aliphatic imine (C=N–C) groups is 1. The molecule has 1 aromatic carbocycles. The molecule has 21 heavy (non-hydrogen) atoms. The fourth-order valence-corrected chi connectivity index (χ4v) is 2.14. The predicted octanol–water partition coefficient (Wildman–Crippen LogP) is 3.23. The zero-order valence-electron chi connectivity index (χ0n) is 12.6. The summed E-state index contributed by atoms with van der Waals surface area (Å²) in [5.41, 5.74) is 0.993. The van der Waals surface area contributed by atoms with Gasteiger partial charge in [-0.3, -0.25) is 4.99 Å². The van der Waals surface area contributed by atoms with E-state index in [-0.39, 0.29) is 24.0 Å². The van der Waals surface area contributed by atoms with Crippen LogP contribution in [0.2, 0.25) is 10.0 Å². The first kappa shape index (κ1) is 20.8. The van der Waals surface area contributed by atoms with Crippen LogP contribution in [0.3, 0.4) is 0 Å². The van der Waals surface area contributed by atoms with Crippen molar-refractivity contribution in [2.45, 2.75) is 13.0 Å². The summed E-state index contributed by atoms with van der Waals surface area (Å²) in [6, 6.07) is 5.49. The number of hydrogen-bond donors (Lipinski definition) is 2. The third-order valence-electron chi connectivity index (χ3n) is 2.76. The van der Waals surface area contributed by atoms with Crippen LogP contribution in [0.15, 0.2) is 23.2 Å². The molecule has 1 rings (SSSR count). The number of rotatable bonds is 6. The number of halogens is 3. The van der Waals surface area contributed by atoms with E-state index >= 15 is 0 Å². The fraction of sp³-hybridized carbons (Fsp3) is 0.500. The molecule has 0 saturated carbocycles. The van der Waals surface area contributed by atoms with Crippen molar-refractivity contribution >= 4 is 53.1 Å². The van der Waals surface area contributed by atoms with Crippen molar-refractivity contribution in [1.29, 1.82) is 0 Å². The highest BCUT2D eigenvalue weighted by atomic mass is 127. The first-order chi connectivity index (χ1) is 9.52. The lowest BCUT2D eigenvalue weighted by atomic mass is 10.2. The molecule has 0 spiro atoms. The van der Waals surface area contributed by atoms with Gasteiger partial charge in [0.1, 0.15) is 0 Å².